The molecule has 1 fully saturated rings. The molecule has 7 heteroatoms. The summed E-state index contributed by atoms with van der Waals surface area (Å²) in [5.41, 5.74) is 0.768. The van der Waals surface area contributed by atoms with Crippen molar-refractivity contribution in [2.24, 2.45) is 4.99 Å². The Balaban J connectivity index is 1.88. The first-order chi connectivity index (χ1) is 12.1. The van der Waals surface area contributed by atoms with Gasteiger partial charge in [0.2, 0.25) is 0 Å². The minimum atomic E-state index is -0.134. The van der Waals surface area contributed by atoms with Gasteiger partial charge in [0, 0.05) is 13.2 Å². The Bertz CT molecular complexity index is 850. The van der Waals surface area contributed by atoms with Gasteiger partial charge in [-0.15, -0.1) is 0 Å². The Labute approximate surface area is 149 Å². The number of phenolic OH excluding ortho intramolecular Hbond substituents is 1. The molecule has 2 aromatic rings. The SMILES string of the molecule is CCOc1cc(/C=C2\S/C(=N/c3ccccn3)N(C)C2=O)ccc1O. The number of benzene rings is 1. The normalized spacial score (nSPS) is 17.5. The largest absolute Gasteiger partial charge is 0.504 e. The number of rotatable bonds is 4. The number of likely N-dealkylation sites (N-methyl/N-ethyl adjacent to an activating group) is 1. The lowest BCUT2D eigenvalue weighted by molar-refractivity contribution is -0.121. The third-order valence-corrected chi connectivity index (χ3v) is 4.50. The minimum Gasteiger partial charge on any atom is -0.504 e. The summed E-state index contributed by atoms with van der Waals surface area (Å²) in [6.07, 6.45) is 3.41. The van der Waals surface area contributed by atoms with E-state index in [9.17, 15) is 9.90 Å². The molecule has 0 bridgehead atoms. The maximum atomic E-state index is 12.4. The van der Waals surface area contributed by atoms with Crippen molar-refractivity contribution in [2.75, 3.05) is 13.7 Å². The maximum absolute atomic E-state index is 12.4. The van der Waals surface area contributed by atoms with Gasteiger partial charge in [-0.2, -0.15) is 0 Å². The number of thioether (sulfide) groups is 1. The number of aromatic nitrogens is 1. The molecule has 6 nitrogen and oxygen atoms in total. The number of ether oxygens (including phenoxy) is 1. The molecule has 2 heterocycles. The molecule has 0 radical (unpaired) electrons. The molecule has 3 rings (SSSR count). The van der Waals surface area contributed by atoms with Gasteiger partial charge in [0.05, 0.1) is 11.5 Å². The molecule has 128 valence electrons. The van der Waals surface area contributed by atoms with E-state index in [1.807, 2.05) is 19.1 Å². The van der Waals surface area contributed by atoms with Crippen molar-refractivity contribution in [1.82, 2.24) is 9.88 Å². The Morgan fingerprint density at radius 3 is 2.92 bits per heavy atom. The summed E-state index contributed by atoms with van der Waals surface area (Å²) in [7, 11) is 1.68. The summed E-state index contributed by atoms with van der Waals surface area (Å²) in [5, 5.41) is 10.3. The van der Waals surface area contributed by atoms with Crippen LogP contribution in [0.3, 0.4) is 0 Å². The smallest absolute Gasteiger partial charge is 0.266 e. The molecule has 1 aromatic carbocycles. The number of amidine groups is 1. The van der Waals surface area contributed by atoms with Gasteiger partial charge >= 0.3 is 0 Å². The lowest BCUT2D eigenvalue weighted by Crippen LogP contribution is -2.23. The van der Waals surface area contributed by atoms with Crippen LogP contribution in [0.5, 0.6) is 11.5 Å². The molecular formula is C18H17N3O3S. The third-order valence-electron chi connectivity index (χ3n) is 3.44. The highest BCUT2D eigenvalue weighted by Gasteiger charge is 2.30. The standard InChI is InChI=1S/C18H17N3O3S/c1-3-24-14-10-12(7-8-13(14)22)11-15-17(23)21(2)18(25-15)20-16-6-4-5-9-19-16/h4-11,22H,3H2,1-2H3/b15-11-,20-18+. The van der Waals surface area contributed by atoms with Crippen LogP contribution < -0.4 is 4.74 Å². The molecule has 0 aliphatic carbocycles. The van der Waals surface area contributed by atoms with E-state index in [1.165, 1.54) is 16.7 Å². The van der Waals surface area contributed by atoms with Crippen LogP contribution in [0.15, 0.2) is 52.5 Å². The fourth-order valence-corrected chi connectivity index (χ4v) is 3.19. The number of hydrogen-bond acceptors (Lipinski definition) is 6. The molecular weight excluding hydrogens is 338 g/mol. The molecule has 1 N–H and O–H groups in total. The summed E-state index contributed by atoms with van der Waals surface area (Å²) in [5.74, 6) is 0.881. The van der Waals surface area contributed by atoms with E-state index in [2.05, 4.69) is 9.98 Å². The van der Waals surface area contributed by atoms with E-state index < -0.39 is 0 Å². The number of aromatic hydroxyl groups is 1. The lowest BCUT2D eigenvalue weighted by Gasteiger charge is -2.07. The molecule has 1 aliphatic rings. The van der Waals surface area contributed by atoms with Gasteiger partial charge in [0.15, 0.2) is 22.5 Å². The first-order valence-electron chi connectivity index (χ1n) is 7.71. The predicted molar refractivity (Wildman–Crippen MR) is 98.9 cm³/mol. The molecule has 1 aliphatic heterocycles. The van der Waals surface area contributed by atoms with Crippen molar-refractivity contribution >= 4 is 34.7 Å². The lowest BCUT2D eigenvalue weighted by atomic mass is 10.2. The van der Waals surface area contributed by atoms with Gasteiger partial charge in [-0.05, 0) is 54.6 Å². The fourth-order valence-electron chi connectivity index (χ4n) is 2.21. The number of pyridine rings is 1. The number of aliphatic imine (C=N–C) groups is 1. The van der Waals surface area contributed by atoms with Crippen LogP contribution in [0.1, 0.15) is 12.5 Å². The van der Waals surface area contributed by atoms with Crippen molar-refractivity contribution in [3.8, 4) is 11.5 Å². The second kappa shape index (κ2) is 7.40. The highest BCUT2D eigenvalue weighted by Crippen LogP contribution is 2.34. The van der Waals surface area contributed by atoms with Crippen molar-refractivity contribution in [3.05, 3.63) is 53.1 Å². The van der Waals surface area contributed by atoms with Crippen molar-refractivity contribution in [3.63, 3.8) is 0 Å². The summed E-state index contributed by atoms with van der Waals surface area (Å²) in [4.78, 5) is 23.0. The number of amides is 1. The van der Waals surface area contributed by atoms with Crippen LogP contribution in [-0.4, -0.2) is 39.7 Å². The first kappa shape index (κ1) is 17.0. The van der Waals surface area contributed by atoms with Crippen LogP contribution in [0.25, 0.3) is 6.08 Å². The van der Waals surface area contributed by atoms with E-state index in [4.69, 9.17) is 4.74 Å². The molecule has 1 aromatic heterocycles. The topological polar surface area (TPSA) is 75.0 Å². The fraction of sp³-hybridized carbons (Fsp3) is 0.167. The summed E-state index contributed by atoms with van der Waals surface area (Å²) < 4.78 is 5.38. The van der Waals surface area contributed by atoms with Crippen molar-refractivity contribution < 1.29 is 14.6 Å². The number of carbonyl (C=O) groups excluding carboxylic acids is 1. The Hall–Kier alpha value is -2.80. The molecule has 0 saturated carbocycles. The summed E-state index contributed by atoms with van der Waals surface area (Å²) >= 11 is 1.28. The van der Waals surface area contributed by atoms with Crippen molar-refractivity contribution in [2.45, 2.75) is 6.92 Å². The summed E-state index contributed by atoms with van der Waals surface area (Å²) in [6, 6.07) is 10.4. The predicted octanol–water partition coefficient (Wildman–Crippen LogP) is 3.42. The van der Waals surface area contributed by atoms with Crippen LogP contribution in [-0.2, 0) is 4.79 Å². The van der Waals surface area contributed by atoms with Gasteiger partial charge in [0.1, 0.15) is 0 Å². The van der Waals surface area contributed by atoms with Gasteiger partial charge in [0.25, 0.3) is 5.91 Å². The third kappa shape index (κ3) is 3.83. The highest BCUT2D eigenvalue weighted by molar-refractivity contribution is 8.18. The van der Waals surface area contributed by atoms with Crippen molar-refractivity contribution in [1.29, 1.82) is 0 Å². The highest BCUT2D eigenvalue weighted by atomic mass is 32.2. The quantitative estimate of drug-likeness (QED) is 0.851. The molecule has 0 spiro atoms. The first-order valence-corrected chi connectivity index (χ1v) is 8.53. The number of carbonyl (C=O) groups is 1. The number of nitrogens with zero attached hydrogens (tertiary/aromatic N) is 3. The summed E-state index contributed by atoms with van der Waals surface area (Å²) in [6.45, 7) is 2.29. The van der Waals surface area contributed by atoms with E-state index in [0.29, 0.717) is 28.2 Å². The van der Waals surface area contributed by atoms with Crippen LogP contribution in [0.4, 0.5) is 5.82 Å². The molecule has 0 atom stereocenters. The second-order valence-electron chi connectivity index (χ2n) is 5.22. The Kier molecular flexibility index (Phi) is 5.04. The van der Waals surface area contributed by atoms with E-state index in [-0.39, 0.29) is 11.7 Å². The minimum absolute atomic E-state index is 0.0731. The van der Waals surface area contributed by atoms with Crippen LogP contribution in [0, 0.1) is 0 Å². The zero-order valence-corrected chi connectivity index (χ0v) is 14.7. The second-order valence-corrected chi connectivity index (χ2v) is 6.23. The zero-order valence-electron chi connectivity index (χ0n) is 13.8. The Morgan fingerprint density at radius 2 is 2.20 bits per heavy atom. The van der Waals surface area contributed by atoms with Crippen LogP contribution in [0.2, 0.25) is 0 Å². The number of phenols is 1. The van der Waals surface area contributed by atoms with E-state index in [1.54, 1.807) is 43.6 Å². The van der Waals surface area contributed by atoms with Gasteiger partial charge < -0.3 is 9.84 Å². The molecule has 1 saturated heterocycles. The molecule has 1 amide bonds. The van der Waals surface area contributed by atoms with E-state index >= 15 is 0 Å². The average Bonchev–Trinajstić information content (AvgIpc) is 2.87. The van der Waals surface area contributed by atoms with Gasteiger partial charge in [-0.1, -0.05) is 12.1 Å². The average molecular weight is 355 g/mol. The van der Waals surface area contributed by atoms with E-state index in [0.717, 1.165) is 5.56 Å². The monoisotopic (exact) mass is 355 g/mol. The van der Waals surface area contributed by atoms with Crippen LogP contribution >= 0.6 is 11.8 Å². The maximum Gasteiger partial charge on any atom is 0.266 e. The van der Waals surface area contributed by atoms with Gasteiger partial charge in [-0.25, -0.2) is 9.98 Å². The molecule has 25 heavy (non-hydrogen) atoms. The van der Waals surface area contributed by atoms with Gasteiger partial charge in [-0.3, -0.25) is 9.69 Å². The zero-order chi connectivity index (χ0) is 17.8. The molecule has 0 unspecified atom stereocenters. The Morgan fingerprint density at radius 1 is 1.36 bits per heavy atom. The number of hydrogen-bond donors (Lipinski definition) is 1.